The van der Waals surface area contributed by atoms with Crippen LogP contribution in [0, 0.1) is 5.82 Å². The molecule has 3 rings (SSSR count). The third kappa shape index (κ3) is 3.34. The van der Waals surface area contributed by atoms with Crippen molar-refractivity contribution in [3.63, 3.8) is 0 Å². The molecule has 8 heteroatoms. The normalized spacial score (nSPS) is 15.6. The Morgan fingerprint density at radius 2 is 1.83 bits per heavy atom. The molecule has 0 spiro atoms. The van der Waals surface area contributed by atoms with Crippen LogP contribution in [0.4, 0.5) is 15.8 Å². The summed E-state index contributed by atoms with van der Waals surface area (Å²) in [7, 11) is -2.18. The fraction of sp³-hybridized carbons (Fsp3) is 0.312. The first-order valence-corrected chi connectivity index (χ1v) is 9.12. The van der Waals surface area contributed by atoms with E-state index >= 15 is 0 Å². The predicted octanol–water partition coefficient (Wildman–Crippen LogP) is 1.46. The van der Waals surface area contributed by atoms with Crippen LogP contribution in [-0.2, 0) is 10.0 Å². The zero-order valence-corrected chi connectivity index (χ0v) is 14.1. The molecular weight excluding hydrogens is 331 g/mol. The monoisotopic (exact) mass is 350 g/mol. The quantitative estimate of drug-likeness (QED) is 0.904. The first-order chi connectivity index (χ1) is 11.5. The van der Waals surface area contributed by atoms with Gasteiger partial charge < -0.3 is 9.80 Å². The summed E-state index contributed by atoms with van der Waals surface area (Å²) in [4.78, 5) is 8.21. The Bertz CT molecular complexity index is 820. The number of aromatic nitrogens is 1. The molecule has 0 radical (unpaired) electrons. The third-order valence-corrected chi connectivity index (χ3v) is 5.55. The lowest BCUT2D eigenvalue weighted by molar-refractivity contribution is 0.585. The molecule has 6 nitrogen and oxygen atoms in total. The summed E-state index contributed by atoms with van der Waals surface area (Å²) < 4.78 is 40.0. The van der Waals surface area contributed by atoms with E-state index in [0.717, 1.165) is 5.69 Å². The van der Waals surface area contributed by atoms with Gasteiger partial charge in [0.2, 0.25) is 10.0 Å². The summed E-state index contributed by atoms with van der Waals surface area (Å²) in [5.74, 6) is -0.258. The zero-order chi connectivity index (χ0) is 17.2. The van der Waals surface area contributed by atoms with E-state index in [0.29, 0.717) is 31.9 Å². The van der Waals surface area contributed by atoms with E-state index in [1.165, 1.54) is 25.4 Å². The van der Waals surface area contributed by atoms with Crippen LogP contribution in [0.5, 0.6) is 0 Å². The lowest BCUT2D eigenvalue weighted by Gasteiger charge is -2.37. The van der Waals surface area contributed by atoms with Gasteiger partial charge in [0.25, 0.3) is 0 Å². The molecule has 0 saturated carbocycles. The lowest BCUT2D eigenvalue weighted by Crippen LogP contribution is -2.47. The molecule has 24 heavy (non-hydrogen) atoms. The molecule has 1 aliphatic heterocycles. The largest absolute Gasteiger partial charge is 0.368 e. The van der Waals surface area contributed by atoms with Gasteiger partial charge in [0.05, 0.1) is 5.69 Å². The number of benzene rings is 1. The highest BCUT2D eigenvalue weighted by molar-refractivity contribution is 7.89. The van der Waals surface area contributed by atoms with Crippen molar-refractivity contribution in [3.05, 3.63) is 48.5 Å². The van der Waals surface area contributed by atoms with Gasteiger partial charge in [-0.25, -0.2) is 17.5 Å². The zero-order valence-electron chi connectivity index (χ0n) is 13.3. The highest BCUT2D eigenvalue weighted by atomic mass is 32.2. The molecule has 0 bridgehead atoms. The maximum atomic E-state index is 13.4. The molecule has 0 amide bonds. The number of sulfonamides is 1. The van der Waals surface area contributed by atoms with E-state index in [4.69, 9.17) is 0 Å². The first kappa shape index (κ1) is 16.7. The van der Waals surface area contributed by atoms with Gasteiger partial charge in [-0.15, -0.1) is 0 Å². The van der Waals surface area contributed by atoms with Gasteiger partial charge in [0.15, 0.2) is 0 Å². The standard InChI is InChI=1S/C16H19FN4O2S/c1-18-24(22,23)16-12-19-6-5-15(16)21-9-7-20(8-10-21)14-4-2-3-13(17)11-14/h2-6,11-12,18H,7-10H2,1H3. The lowest BCUT2D eigenvalue weighted by atomic mass is 10.2. The molecule has 1 fully saturated rings. The SMILES string of the molecule is CNS(=O)(=O)c1cnccc1N1CCN(c2cccc(F)c2)CC1. The van der Waals surface area contributed by atoms with Crippen LogP contribution in [0.1, 0.15) is 0 Å². The van der Waals surface area contributed by atoms with Gasteiger partial charge in [-0.1, -0.05) is 6.07 Å². The first-order valence-electron chi connectivity index (χ1n) is 7.64. The van der Waals surface area contributed by atoms with Gasteiger partial charge in [0.1, 0.15) is 10.7 Å². The minimum Gasteiger partial charge on any atom is -0.368 e. The van der Waals surface area contributed by atoms with Crippen LogP contribution in [0.15, 0.2) is 47.6 Å². The van der Waals surface area contributed by atoms with Crippen LogP contribution in [0.2, 0.25) is 0 Å². The van der Waals surface area contributed by atoms with E-state index in [2.05, 4.69) is 14.6 Å². The summed E-state index contributed by atoms with van der Waals surface area (Å²) in [5, 5.41) is 0. The molecule has 1 saturated heterocycles. The molecule has 2 heterocycles. The highest BCUT2D eigenvalue weighted by Crippen LogP contribution is 2.26. The van der Waals surface area contributed by atoms with E-state index in [9.17, 15) is 12.8 Å². The average molecular weight is 350 g/mol. The van der Waals surface area contributed by atoms with Crippen molar-refractivity contribution in [1.29, 1.82) is 0 Å². The molecule has 128 valence electrons. The second kappa shape index (κ2) is 6.74. The van der Waals surface area contributed by atoms with Crippen molar-refractivity contribution in [2.24, 2.45) is 0 Å². The summed E-state index contributed by atoms with van der Waals surface area (Å²) in [6.45, 7) is 2.66. The van der Waals surface area contributed by atoms with E-state index in [1.807, 2.05) is 11.0 Å². The van der Waals surface area contributed by atoms with Crippen molar-refractivity contribution >= 4 is 21.4 Å². The number of piperazine rings is 1. The summed E-state index contributed by atoms with van der Waals surface area (Å²) in [6, 6.07) is 8.21. The summed E-state index contributed by atoms with van der Waals surface area (Å²) >= 11 is 0. The smallest absolute Gasteiger partial charge is 0.243 e. The highest BCUT2D eigenvalue weighted by Gasteiger charge is 2.24. The molecular formula is C16H19FN4O2S. The number of hydrogen-bond donors (Lipinski definition) is 1. The van der Waals surface area contributed by atoms with Crippen LogP contribution in [0.25, 0.3) is 0 Å². The molecule has 0 aliphatic carbocycles. The Morgan fingerprint density at radius 1 is 1.12 bits per heavy atom. The summed E-state index contributed by atoms with van der Waals surface area (Å²) in [6.07, 6.45) is 2.95. The van der Waals surface area contributed by atoms with E-state index in [1.54, 1.807) is 18.3 Å². The second-order valence-electron chi connectivity index (χ2n) is 5.50. The fourth-order valence-electron chi connectivity index (χ4n) is 2.83. The number of rotatable bonds is 4. The van der Waals surface area contributed by atoms with Crippen molar-refractivity contribution in [2.45, 2.75) is 4.90 Å². The van der Waals surface area contributed by atoms with Gasteiger partial charge in [-0.2, -0.15) is 0 Å². The van der Waals surface area contributed by atoms with E-state index in [-0.39, 0.29) is 10.7 Å². The van der Waals surface area contributed by atoms with Gasteiger partial charge in [-0.05, 0) is 31.3 Å². The molecule has 1 aliphatic rings. The average Bonchev–Trinajstić information content (AvgIpc) is 2.62. The molecule has 0 unspecified atom stereocenters. The topological polar surface area (TPSA) is 65.5 Å². The molecule has 1 aromatic heterocycles. The Balaban J connectivity index is 1.78. The Kier molecular flexibility index (Phi) is 4.68. The number of hydrogen-bond acceptors (Lipinski definition) is 5. The fourth-order valence-corrected chi connectivity index (χ4v) is 3.72. The molecule has 0 atom stereocenters. The number of nitrogens with zero attached hydrogens (tertiary/aromatic N) is 3. The van der Waals surface area contributed by atoms with E-state index < -0.39 is 10.0 Å². The van der Waals surface area contributed by atoms with Gasteiger partial charge in [0, 0.05) is 44.3 Å². The van der Waals surface area contributed by atoms with Gasteiger partial charge >= 0.3 is 0 Å². The van der Waals surface area contributed by atoms with Crippen LogP contribution in [0.3, 0.4) is 0 Å². The predicted molar refractivity (Wildman–Crippen MR) is 91.3 cm³/mol. The van der Waals surface area contributed by atoms with Crippen LogP contribution < -0.4 is 14.5 Å². The van der Waals surface area contributed by atoms with Crippen molar-refractivity contribution < 1.29 is 12.8 Å². The Labute approximate surface area is 141 Å². The van der Waals surface area contributed by atoms with Crippen molar-refractivity contribution in [1.82, 2.24) is 9.71 Å². The maximum absolute atomic E-state index is 13.4. The minimum atomic E-state index is -3.57. The Hall–Kier alpha value is -2.19. The maximum Gasteiger partial charge on any atom is 0.243 e. The Morgan fingerprint density at radius 3 is 2.50 bits per heavy atom. The van der Waals surface area contributed by atoms with Gasteiger partial charge in [-0.3, -0.25) is 4.98 Å². The number of anilines is 2. The van der Waals surface area contributed by atoms with Crippen molar-refractivity contribution in [3.8, 4) is 0 Å². The molecule has 1 N–H and O–H groups in total. The molecule has 1 aromatic carbocycles. The number of pyridine rings is 1. The molecule has 2 aromatic rings. The summed E-state index contributed by atoms with van der Waals surface area (Å²) in [5.41, 5.74) is 1.48. The van der Waals surface area contributed by atoms with Crippen LogP contribution in [-0.4, -0.2) is 46.6 Å². The number of halogens is 1. The minimum absolute atomic E-state index is 0.173. The third-order valence-electron chi connectivity index (χ3n) is 4.11. The van der Waals surface area contributed by atoms with Crippen LogP contribution >= 0.6 is 0 Å². The second-order valence-corrected chi connectivity index (χ2v) is 7.36. The number of nitrogens with one attached hydrogen (secondary N) is 1. The van der Waals surface area contributed by atoms with Crippen molar-refractivity contribution in [2.75, 3.05) is 43.0 Å².